The maximum absolute atomic E-state index is 14.3. The Morgan fingerprint density at radius 2 is 1.75 bits per heavy atom. The minimum absolute atomic E-state index is 0.179. The van der Waals surface area contributed by atoms with Crippen LogP contribution in [0.5, 0.6) is 17.2 Å². The monoisotopic (exact) mass is 600 g/mol. The first-order valence-electron chi connectivity index (χ1n) is 14.8. The van der Waals surface area contributed by atoms with E-state index in [1.165, 1.54) is 56.0 Å². The molecule has 3 N–H and O–H groups in total. The first kappa shape index (κ1) is 29.5. The summed E-state index contributed by atoms with van der Waals surface area (Å²) in [5.41, 5.74) is 1.56. The van der Waals surface area contributed by atoms with Crippen molar-refractivity contribution in [2.75, 3.05) is 24.3 Å². The van der Waals surface area contributed by atoms with Crippen molar-refractivity contribution in [1.82, 2.24) is 10.3 Å². The molecule has 0 radical (unpaired) electrons. The van der Waals surface area contributed by atoms with Gasteiger partial charge in [0.2, 0.25) is 5.91 Å². The van der Waals surface area contributed by atoms with Crippen molar-refractivity contribution in [2.45, 2.75) is 50.1 Å². The molecule has 8 nitrogen and oxygen atoms in total. The van der Waals surface area contributed by atoms with Gasteiger partial charge in [-0.25, -0.2) is 8.78 Å². The Morgan fingerprint density at radius 3 is 2.41 bits per heavy atom. The number of fused-ring (bicyclic) bond motifs is 1. The van der Waals surface area contributed by atoms with Crippen LogP contribution in [0, 0.1) is 17.0 Å². The highest BCUT2D eigenvalue weighted by Gasteiger charge is 2.50. The summed E-state index contributed by atoms with van der Waals surface area (Å²) in [6.07, 6.45) is 8.57. The lowest BCUT2D eigenvalue weighted by Gasteiger charge is -2.15. The fourth-order valence-corrected chi connectivity index (χ4v) is 5.35. The Balaban J connectivity index is 0.000000193. The van der Waals surface area contributed by atoms with Crippen LogP contribution in [0.1, 0.15) is 38.5 Å². The van der Waals surface area contributed by atoms with E-state index in [9.17, 15) is 18.4 Å². The lowest BCUT2D eigenvalue weighted by molar-refractivity contribution is -0.126. The van der Waals surface area contributed by atoms with Crippen molar-refractivity contribution in [2.24, 2.45) is 5.41 Å². The van der Waals surface area contributed by atoms with E-state index in [-0.39, 0.29) is 17.5 Å². The molecule has 2 aliphatic carbocycles. The zero-order valence-corrected chi connectivity index (χ0v) is 24.4. The molecule has 44 heavy (non-hydrogen) atoms. The van der Waals surface area contributed by atoms with Crippen LogP contribution in [0.3, 0.4) is 0 Å². The molecule has 1 amide bonds. The van der Waals surface area contributed by atoms with Crippen molar-refractivity contribution >= 4 is 34.5 Å². The molecule has 4 aromatic rings. The first-order valence-corrected chi connectivity index (χ1v) is 14.8. The number of ether oxygens (including phenoxy) is 2. The van der Waals surface area contributed by atoms with Gasteiger partial charge in [-0.1, -0.05) is 0 Å². The van der Waals surface area contributed by atoms with Crippen molar-refractivity contribution in [3.8, 4) is 17.2 Å². The SMILES string of the molecule is CNc1ccc(Oc2ccnc3cc(OCC4CCC5(CC5)N4)ccc23)c(F)c1.O=CC1(C(=O)Nc2ccc(F)cc2)CC1. The lowest BCUT2D eigenvalue weighted by atomic mass is 10.1. The molecule has 3 aliphatic rings. The van der Waals surface area contributed by atoms with Gasteiger partial charge in [0, 0.05) is 53.7 Å². The largest absolute Gasteiger partial charge is 0.492 e. The molecule has 0 bridgehead atoms. The summed E-state index contributed by atoms with van der Waals surface area (Å²) >= 11 is 0. The van der Waals surface area contributed by atoms with Crippen LogP contribution in [-0.2, 0) is 9.59 Å². The van der Waals surface area contributed by atoms with Gasteiger partial charge >= 0.3 is 0 Å². The summed E-state index contributed by atoms with van der Waals surface area (Å²) in [7, 11) is 1.75. The molecule has 1 spiro atoms. The standard InChI is InChI=1S/C23H24FN3O2.C11H10FNO2/c1-25-15-2-5-22(19(24)12-15)29-21-7-11-26-20-13-17(3-4-18(20)21)28-14-16-6-8-23(27-16)9-10-23;12-8-1-3-9(4-2-8)13-10(15)11(7-14)5-6-11/h2-5,7,11-13,16,25,27H,6,8-10,14H2,1H3;1-4,7H,5-6H2,(H,13,15). The number of hydrogen-bond donors (Lipinski definition) is 3. The van der Waals surface area contributed by atoms with Crippen LogP contribution in [0.2, 0.25) is 0 Å². The van der Waals surface area contributed by atoms with Gasteiger partial charge in [-0.2, -0.15) is 0 Å². The minimum atomic E-state index is -0.825. The molecule has 1 aliphatic heterocycles. The molecule has 2 saturated carbocycles. The Kier molecular flexibility index (Phi) is 8.18. The Morgan fingerprint density at radius 1 is 0.977 bits per heavy atom. The molecule has 1 aromatic heterocycles. The molecule has 1 saturated heterocycles. The minimum Gasteiger partial charge on any atom is -0.492 e. The Labute approximate surface area is 254 Å². The van der Waals surface area contributed by atoms with E-state index in [1.54, 1.807) is 31.4 Å². The molecular formula is C34H34F2N4O4. The van der Waals surface area contributed by atoms with Crippen molar-refractivity contribution < 1.29 is 27.8 Å². The highest BCUT2D eigenvalue weighted by molar-refractivity contribution is 6.07. The van der Waals surface area contributed by atoms with Crippen LogP contribution in [0.15, 0.2) is 72.9 Å². The lowest BCUT2D eigenvalue weighted by Crippen LogP contribution is -2.34. The molecule has 1 atom stereocenters. The molecule has 7 rings (SSSR count). The van der Waals surface area contributed by atoms with E-state index in [0.29, 0.717) is 54.4 Å². The second-order valence-corrected chi connectivity index (χ2v) is 11.7. The first-order chi connectivity index (χ1) is 21.3. The number of nitrogens with one attached hydrogen (secondary N) is 3. The summed E-state index contributed by atoms with van der Waals surface area (Å²) in [5, 5.41) is 10.0. The van der Waals surface area contributed by atoms with E-state index in [0.717, 1.165) is 16.7 Å². The predicted octanol–water partition coefficient (Wildman–Crippen LogP) is 6.61. The van der Waals surface area contributed by atoms with Gasteiger partial charge < -0.3 is 30.2 Å². The Bertz CT molecular complexity index is 1670. The molecule has 3 fully saturated rings. The zero-order valence-electron chi connectivity index (χ0n) is 24.4. The third-order valence-corrected chi connectivity index (χ3v) is 8.47. The van der Waals surface area contributed by atoms with Crippen molar-refractivity contribution in [3.05, 3.63) is 84.6 Å². The second-order valence-electron chi connectivity index (χ2n) is 11.7. The number of amides is 1. The number of carbonyl (C=O) groups excluding carboxylic acids is 2. The van der Waals surface area contributed by atoms with E-state index in [1.807, 2.05) is 18.2 Å². The number of aldehydes is 1. The average Bonchev–Trinajstić information content (AvgIpc) is 3.96. The second kappa shape index (κ2) is 12.2. The van der Waals surface area contributed by atoms with Crippen LogP contribution >= 0.6 is 0 Å². The van der Waals surface area contributed by atoms with Gasteiger partial charge in [0.25, 0.3) is 0 Å². The summed E-state index contributed by atoms with van der Waals surface area (Å²) in [6, 6.07) is 18.1. The maximum atomic E-state index is 14.3. The van der Waals surface area contributed by atoms with Crippen LogP contribution in [-0.4, -0.2) is 42.4 Å². The van der Waals surface area contributed by atoms with Gasteiger partial charge in [-0.15, -0.1) is 0 Å². The smallest absolute Gasteiger partial charge is 0.237 e. The third-order valence-electron chi connectivity index (χ3n) is 8.47. The topological polar surface area (TPSA) is 102 Å². The van der Waals surface area contributed by atoms with Gasteiger partial charge in [0.05, 0.1) is 5.52 Å². The van der Waals surface area contributed by atoms with E-state index in [4.69, 9.17) is 9.47 Å². The number of pyridine rings is 1. The number of hydrogen-bond acceptors (Lipinski definition) is 7. The average molecular weight is 601 g/mol. The van der Waals surface area contributed by atoms with Gasteiger partial charge in [-0.05, 0) is 93.1 Å². The third kappa shape index (κ3) is 6.65. The molecule has 1 unspecified atom stereocenters. The van der Waals surface area contributed by atoms with Crippen LogP contribution < -0.4 is 25.4 Å². The number of aromatic nitrogens is 1. The fraction of sp³-hybridized carbons (Fsp3) is 0.324. The van der Waals surface area contributed by atoms with Gasteiger partial charge in [0.1, 0.15) is 35.6 Å². The normalized spacial score (nSPS) is 18.6. The number of halogens is 2. The fourth-order valence-electron chi connectivity index (χ4n) is 5.35. The number of benzene rings is 3. The maximum Gasteiger partial charge on any atom is 0.237 e. The van der Waals surface area contributed by atoms with Crippen molar-refractivity contribution in [3.63, 3.8) is 0 Å². The summed E-state index contributed by atoms with van der Waals surface area (Å²) in [5.74, 6) is 0.446. The highest BCUT2D eigenvalue weighted by Crippen LogP contribution is 2.45. The summed E-state index contributed by atoms with van der Waals surface area (Å²) in [6.45, 7) is 0.659. The molecular weight excluding hydrogens is 566 g/mol. The number of rotatable bonds is 9. The van der Waals surface area contributed by atoms with Crippen LogP contribution in [0.4, 0.5) is 20.2 Å². The highest BCUT2D eigenvalue weighted by atomic mass is 19.1. The quantitative estimate of drug-likeness (QED) is 0.147. The van der Waals surface area contributed by atoms with E-state index >= 15 is 0 Å². The molecule has 3 aromatic carbocycles. The number of anilines is 2. The summed E-state index contributed by atoms with van der Waals surface area (Å²) < 4.78 is 38.7. The molecule has 10 heteroatoms. The number of nitrogens with zero attached hydrogens (tertiary/aromatic N) is 1. The van der Waals surface area contributed by atoms with Crippen LogP contribution in [0.25, 0.3) is 10.9 Å². The Hall–Kier alpha value is -4.57. The number of carbonyl (C=O) groups is 2. The molecule has 2 heterocycles. The predicted molar refractivity (Wildman–Crippen MR) is 164 cm³/mol. The van der Waals surface area contributed by atoms with E-state index in [2.05, 4.69) is 20.9 Å². The summed E-state index contributed by atoms with van der Waals surface area (Å²) in [4.78, 5) is 26.7. The van der Waals surface area contributed by atoms with Gasteiger partial charge in [-0.3, -0.25) is 9.78 Å². The molecule has 228 valence electrons. The van der Waals surface area contributed by atoms with E-state index < -0.39 is 11.2 Å². The van der Waals surface area contributed by atoms with Gasteiger partial charge in [0.15, 0.2) is 11.6 Å². The van der Waals surface area contributed by atoms with Crippen molar-refractivity contribution in [1.29, 1.82) is 0 Å². The zero-order chi connectivity index (χ0) is 30.7.